The van der Waals surface area contributed by atoms with Gasteiger partial charge in [-0.05, 0) is 32.8 Å². The molecule has 2 atom stereocenters. The lowest BCUT2D eigenvalue weighted by Gasteiger charge is -2.24. The predicted octanol–water partition coefficient (Wildman–Crippen LogP) is -0.803. The van der Waals surface area contributed by atoms with Gasteiger partial charge in [0.1, 0.15) is 30.8 Å². The van der Waals surface area contributed by atoms with Crippen molar-refractivity contribution in [2.45, 2.75) is 57.9 Å². The summed E-state index contributed by atoms with van der Waals surface area (Å²) in [5.74, 6) is -4.48. The first kappa shape index (κ1) is 31.8. The Morgan fingerprint density at radius 2 is 1.55 bits per heavy atom. The first-order valence-electron chi connectivity index (χ1n) is 11.7. The topological polar surface area (TPSA) is 209 Å². The molecule has 0 unspecified atom stereocenters. The van der Waals surface area contributed by atoms with Crippen molar-refractivity contribution >= 4 is 35.8 Å². The van der Waals surface area contributed by atoms with Crippen LogP contribution in [0, 0.1) is 0 Å². The molecule has 0 heterocycles. The van der Waals surface area contributed by atoms with Crippen molar-refractivity contribution in [3.63, 3.8) is 0 Å². The molecule has 38 heavy (non-hydrogen) atoms. The quantitative estimate of drug-likeness (QED) is 0.162. The van der Waals surface area contributed by atoms with Gasteiger partial charge in [0.2, 0.25) is 17.7 Å². The summed E-state index contributed by atoms with van der Waals surface area (Å²) < 4.78 is 10.4. The normalized spacial score (nSPS) is 12.3. The Labute approximate surface area is 219 Å². The number of benzene rings is 1. The second-order valence-electron chi connectivity index (χ2n) is 9.02. The highest BCUT2D eigenvalue weighted by Crippen LogP contribution is 2.11. The number of hydrogen-bond acceptors (Lipinski definition) is 9. The van der Waals surface area contributed by atoms with Gasteiger partial charge in [0.05, 0.1) is 13.2 Å². The number of aliphatic hydroxyl groups excluding tert-OH is 1. The highest BCUT2D eigenvalue weighted by atomic mass is 16.6. The molecule has 0 fully saturated rings. The summed E-state index contributed by atoms with van der Waals surface area (Å²) in [4.78, 5) is 71.4. The SMILES string of the molecule is CC(C)(C)OC(=O)[C@H](CCC(=O)N[C@@H](CO)C(=O)NCC(=O)NCC(=O)O)NC(=O)OCc1ccccc1. The number of aliphatic hydroxyl groups is 1. The molecular weight excluding hydrogens is 504 g/mol. The Balaban J connectivity index is 2.66. The zero-order valence-electron chi connectivity index (χ0n) is 21.4. The van der Waals surface area contributed by atoms with Crippen LogP contribution < -0.4 is 21.3 Å². The van der Waals surface area contributed by atoms with Crippen molar-refractivity contribution in [1.29, 1.82) is 0 Å². The van der Waals surface area contributed by atoms with Gasteiger partial charge in [-0.15, -0.1) is 0 Å². The van der Waals surface area contributed by atoms with Gasteiger partial charge in [0, 0.05) is 6.42 Å². The van der Waals surface area contributed by atoms with Crippen molar-refractivity contribution < 1.29 is 48.5 Å². The van der Waals surface area contributed by atoms with E-state index in [-0.39, 0.29) is 19.4 Å². The van der Waals surface area contributed by atoms with Crippen LogP contribution in [0.2, 0.25) is 0 Å². The fourth-order valence-electron chi connectivity index (χ4n) is 2.79. The molecule has 0 aromatic heterocycles. The smallest absolute Gasteiger partial charge is 0.408 e. The third kappa shape index (κ3) is 13.8. The maximum atomic E-state index is 12.6. The molecule has 4 amide bonds. The van der Waals surface area contributed by atoms with Gasteiger partial charge in [-0.3, -0.25) is 19.2 Å². The monoisotopic (exact) mass is 538 g/mol. The fourth-order valence-corrected chi connectivity index (χ4v) is 2.79. The van der Waals surface area contributed by atoms with Crippen LogP contribution in [-0.4, -0.2) is 83.3 Å². The Morgan fingerprint density at radius 3 is 2.13 bits per heavy atom. The number of hydrogen-bond donors (Lipinski definition) is 6. The standard InChI is InChI=1S/C24H34N4O10/c1-24(2,3)38-22(35)16(28-23(36)37-14-15-7-5-4-6-8-15)9-10-18(30)27-17(13-29)21(34)26-11-19(31)25-12-20(32)33/h4-8,16-17,29H,9-14H2,1-3H3,(H,25,31)(H,26,34)(H,27,30)(H,28,36)(H,32,33)/t16-,17-/m0/s1. The number of alkyl carbamates (subject to hydrolysis) is 1. The minimum Gasteiger partial charge on any atom is -0.480 e. The zero-order valence-corrected chi connectivity index (χ0v) is 21.4. The maximum Gasteiger partial charge on any atom is 0.408 e. The summed E-state index contributed by atoms with van der Waals surface area (Å²) >= 11 is 0. The minimum absolute atomic E-state index is 0.0458. The van der Waals surface area contributed by atoms with Crippen LogP contribution in [0.3, 0.4) is 0 Å². The van der Waals surface area contributed by atoms with Gasteiger partial charge in [0.25, 0.3) is 0 Å². The molecule has 1 rings (SSSR count). The average Bonchev–Trinajstić information content (AvgIpc) is 2.85. The highest BCUT2D eigenvalue weighted by Gasteiger charge is 2.28. The largest absolute Gasteiger partial charge is 0.480 e. The number of aliphatic carboxylic acids is 1. The Bertz CT molecular complexity index is 978. The van der Waals surface area contributed by atoms with Crippen LogP contribution in [0.25, 0.3) is 0 Å². The molecule has 0 spiro atoms. The van der Waals surface area contributed by atoms with Crippen molar-refractivity contribution in [3.8, 4) is 0 Å². The maximum absolute atomic E-state index is 12.6. The first-order valence-corrected chi connectivity index (χ1v) is 11.7. The molecule has 0 aliphatic rings. The van der Waals surface area contributed by atoms with Gasteiger partial charge in [-0.1, -0.05) is 30.3 Å². The summed E-state index contributed by atoms with van der Waals surface area (Å²) in [7, 11) is 0. The Kier molecular flexibility index (Phi) is 13.2. The van der Waals surface area contributed by atoms with E-state index in [9.17, 15) is 33.9 Å². The van der Waals surface area contributed by atoms with E-state index in [1.807, 2.05) is 5.32 Å². The minimum atomic E-state index is -1.42. The Morgan fingerprint density at radius 1 is 0.895 bits per heavy atom. The fraction of sp³-hybridized carbons (Fsp3) is 0.500. The molecule has 0 saturated heterocycles. The van der Waals surface area contributed by atoms with Crippen LogP contribution >= 0.6 is 0 Å². The molecule has 1 aromatic carbocycles. The second kappa shape index (κ2) is 15.8. The van der Waals surface area contributed by atoms with E-state index in [4.69, 9.17) is 14.6 Å². The number of carboxylic acids is 1. The van der Waals surface area contributed by atoms with Crippen molar-refractivity contribution in [1.82, 2.24) is 21.3 Å². The third-order valence-corrected chi connectivity index (χ3v) is 4.55. The van der Waals surface area contributed by atoms with Gasteiger partial charge in [-0.25, -0.2) is 9.59 Å². The summed E-state index contributed by atoms with van der Waals surface area (Å²) in [6.45, 7) is 2.85. The predicted molar refractivity (Wildman–Crippen MR) is 131 cm³/mol. The van der Waals surface area contributed by atoms with Crippen LogP contribution in [0.4, 0.5) is 4.79 Å². The lowest BCUT2D eigenvalue weighted by atomic mass is 10.1. The lowest BCUT2D eigenvalue weighted by molar-refractivity contribution is -0.157. The summed E-state index contributed by atoms with van der Waals surface area (Å²) in [6, 6.07) is 6.18. The first-order chi connectivity index (χ1) is 17.8. The van der Waals surface area contributed by atoms with Gasteiger partial charge in [-0.2, -0.15) is 0 Å². The summed E-state index contributed by atoms with van der Waals surface area (Å²) in [6.07, 6.45) is -1.46. The molecule has 1 aromatic rings. The van der Waals surface area contributed by atoms with Crippen LogP contribution in [0.1, 0.15) is 39.2 Å². The number of carbonyl (C=O) groups excluding carboxylic acids is 5. The van der Waals surface area contributed by atoms with E-state index in [1.165, 1.54) is 0 Å². The second-order valence-corrected chi connectivity index (χ2v) is 9.02. The molecule has 0 aliphatic carbocycles. The molecule has 14 heteroatoms. The van der Waals surface area contributed by atoms with Crippen molar-refractivity contribution in [2.75, 3.05) is 19.7 Å². The van der Waals surface area contributed by atoms with Crippen LogP contribution in [0.5, 0.6) is 0 Å². The molecule has 0 saturated carbocycles. The van der Waals surface area contributed by atoms with E-state index >= 15 is 0 Å². The Hall–Kier alpha value is -4.20. The third-order valence-electron chi connectivity index (χ3n) is 4.55. The number of ether oxygens (including phenoxy) is 2. The van der Waals surface area contributed by atoms with E-state index in [2.05, 4.69) is 16.0 Å². The van der Waals surface area contributed by atoms with Crippen molar-refractivity contribution in [2.24, 2.45) is 0 Å². The molecule has 0 radical (unpaired) electrons. The number of carbonyl (C=O) groups is 6. The van der Waals surface area contributed by atoms with E-state index in [0.29, 0.717) is 0 Å². The molecule has 0 aliphatic heterocycles. The number of nitrogens with one attached hydrogen (secondary N) is 4. The van der Waals surface area contributed by atoms with E-state index in [1.54, 1.807) is 51.1 Å². The number of rotatable bonds is 14. The van der Waals surface area contributed by atoms with Crippen LogP contribution in [0.15, 0.2) is 30.3 Å². The molecular formula is C24H34N4O10. The number of carboxylic acid groups (broad SMARTS) is 1. The van der Waals surface area contributed by atoms with Gasteiger partial charge >= 0.3 is 18.0 Å². The van der Waals surface area contributed by atoms with Gasteiger partial charge in [0.15, 0.2) is 0 Å². The van der Waals surface area contributed by atoms with Crippen LogP contribution in [-0.2, 0) is 40.1 Å². The lowest BCUT2D eigenvalue weighted by Crippen LogP contribution is -2.51. The summed E-state index contributed by atoms with van der Waals surface area (Å²) in [5, 5.41) is 26.8. The molecule has 0 bridgehead atoms. The molecule has 6 N–H and O–H groups in total. The van der Waals surface area contributed by atoms with Gasteiger partial charge < -0.3 is 41.0 Å². The highest BCUT2D eigenvalue weighted by molar-refractivity contribution is 5.91. The van der Waals surface area contributed by atoms with E-state index < -0.39 is 73.1 Å². The molecule has 14 nitrogen and oxygen atoms in total. The number of amides is 4. The number of esters is 1. The summed E-state index contributed by atoms with van der Waals surface area (Å²) in [5.41, 5.74) is -0.145. The van der Waals surface area contributed by atoms with Crippen molar-refractivity contribution in [3.05, 3.63) is 35.9 Å². The van der Waals surface area contributed by atoms with E-state index in [0.717, 1.165) is 5.56 Å². The zero-order chi connectivity index (χ0) is 28.7. The average molecular weight is 539 g/mol. The molecule has 210 valence electrons.